The number of benzene rings is 4. The molecular weight excluding hydrogens is 1200 g/mol. The summed E-state index contributed by atoms with van der Waals surface area (Å²) >= 11 is 12.7. The molecule has 25 heteroatoms. The first kappa shape index (κ1) is 70.2. The Morgan fingerprint density at radius 1 is 0.643 bits per heavy atom. The van der Waals surface area contributed by atoms with Gasteiger partial charge in [0, 0.05) is 7.05 Å². The summed E-state index contributed by atoms with van der Waals surface area (Å²) in [5.74, 6) is -3.12. The van der Waals surface area contributed by atoms with Gasteiger partial charge in [-0.25, -0.2) is 44.8 Å². The maximum absolute atomic E-state index is 14.3. The lowest BCUT2D eigenvalue weighted by Crippen LogP contribution is -2.42. The number of allylic oxidation sites excluding steroid dienone is 2. The van der Waals surface area contributed by atoms with E-state index in [0.29, 0.717) is 64.8 Å². The molecule has 0 bridgehead atoms. The molecule has 4 aromatic rings. The van der Waals surface area contributed by atoms with E-state index in [1.807, 2.05) is 0 Å². The molecule has 84 heavy (non-hydrogen) atoms. The second kappa shape index (κ2) is 30.7. The van der Waals surface area contributed by atoms with Crippen molar-refractivity contribution >= 4 is 97.0 Å². The van der Waals surface area contributed by atoms with Crippen LogP contribution in [0.3, 0.4) is 0 Å². The van der Waals surface area contributed by atoms with Crippen molar-refractivity contribution in [3.8, 4) is 11.5 Å². The van der Waals surface area contributed by atoms with Crippen LogP contribution in [-0.2, 0) is 66.5 Å². The van der Waals surface area contributed by atoms with Crippen molar-refractivity contribution in [2.75, 3.05) is 49.0 Å². The van der Waals surface area contributed by atoms with Crippen molar-refractivity contribution in [1.82, 2.24) is 10.2 Å². The van der Waals surface area contributed by atoms with Gasteiger partial charge in [-0.15, -0.1) is 12.4 Å². The number of anilines is 2. The number of carbonyl (C=O) groups excluding carboxylic acids is 5. The first-order valence-corrected chi connectivity index (χ1v) is 30.6. The molecule has 4 aromatic carbocycles. The van der Waals surface area contributed by atoms with Crippen LogP contribution in [0.25, 0.3) is 0 Å². The van der Waals surface area contributed by atoms with Crippen LogP contribution in [0.4, 0.5) is 25.0 Å². The van der Waals surface area contributed by atoms with E-state index < -0.39 is 77.8 Å². The minimum absolute atomic E-state index is 0. The van der Waals surface area contributed by atoms with Gasteiger partial charge >= 0.3 is 30.0 Å². The maximum Gasteiger partial charge on any atom is 0.410 e. The number of halogens is 5. The van der Waals surface area contributed by atoms with Crippen molar-refractivity contribution in [3.05, 3.63) is 139 Å². The second-order valence-corrected chi connectivity index (χ2v) is 25.7. The van der Waals surface area contributed by atoms with Crippen LogP contribution >= 0.6 is 35.6 Å². The molecule has 2 aliphatic rings. The van der Waals surface area contributed by atoms with E-state index in [0.717, 1.165) is 37.8 Å². The Morgan fingerprint density at radius 2 is 1.02 bits per heavy atom. The predicted octanol–water partition coefficient (Wildman–Crippen LogP) is 11.3. The molecule has 2 unspecified atom stereocenters. The fourth-order valence-electron chi connectivity index (χ4n) is 9.43. The molecule has 1 N–H and O–H groups in total. The monoisotopic (exact) mass is 1270 g/mol. The van der Waals surface area contributed by atoms with E-state index in [2.05, 4.69) is 5.32 Å². The lowest BCUT2D eigenvalue weighted by molar-refractivity contribution is -0.139. The summed E-state index contributed by atoms with van der Waals surface area (Å²) in [5, 5.41) is 0.176. The van der Waals surface area contributed by atoms with Crippen LogP contribution in [0.15, 0.2) is 84.0 Å². The molecule has 1 amide bonds. The van der Waals surface area contributed by atoms with Crippen molar-refractivity contribution in [1.29, 1.82) is 0 Å². The number of ether oxygens (including phenoxy) is 5. The highest BCUT2D eigenvalue weighted by atomic mass is 35.5. The van der Waals surface area contributed by atoms with Crippen molar-refractivity contribution in [2.45, 2.75) is 130 Å². The van der Waals surface area contributed by atoms with Crippen LogP contribution in [0, 0.1) is 39.3 Å². The van der Waals surface area contributed by atoms with E-state index >= 15 is 0 Å². The molecular formula is C59H73Cl3F2N4O14S2. The Labute approximate surface area is 507 Å². The average Bonchev–Trinajstić information content (AvgIpc) is 3.37. The molecule has 18 nitrogen and oxygen atoms in total. The third-order valence-electron chi connectivity index (χ3n) is 13.0. The zero-order valence-electron chi connectivity index (χ0n) is 48.9. The summed E-state index contributed by atoms with van der Waals surface area (Å²) in [7, 11) is -5.46. The number of hydrogen-bond acceptors (Lipinski definition) is 15. The molecule has 0 fully saturated rings. The van der Waals surface area contributed by atoms with Crippen LogP contribution in [0.5, 0.6) is 11.5 Å². The SMILES string of the molecule is CCOC(=O)C1=CCCCC1S(=O)(=O)N(Cc1cc(C)c(OC(=O)CN(C)C(=O)OC(C)(C)C)c(C)c1)c1ccc(F)cc1Cl.CCOC(=O)C1=CCCCC1S(=O)(=O)N(Cc1cc(C)c(OC(=O)CNC)c(C)c1)c1ccc(F)cc1Cl.Cl. The van der Waals surface area contributed by atoms with Gasteiger partial charge in [0.05, 0.1) is 65.4 Å². The number of aryl methyl sites for hydroxylation is 4. The van der Waals surface area contributed by atoms with Crippen molar-refractivity contribution < 1.29 is 73.3 Å². The molecule has 2 aliphatic carbocycles. The van der Waals surface area contributed by atoms with Gasteiger partial charge in [0.25, 0.3) is 0 Å². The zero-order valence-corrected chi connectivity index (χ0v) is 52.8. The Morgan fingerprint density at radius 3 is 1.37 bits per heavy atom. The lowest BCUT2D eigenvalue weighted by Gasteiger charge is -2.32. The first-order chi connectivity index (χ1) is 38.9. The van der Waals surface area contributed by atoms with Crippen molar-refractivity contribution in [3.63, 3.8) is 0 Å². The van der Waals surface area contributed by atoms with Crippen LogP contribution in [0.1, 0.15) is 107 Å². The standard InChI is InChI=1S/C32H40ClFN2O8S.C27H32ClFN2O6S.ClH/c1-8-42-30(38)24-11-9-10-12-27(24)45(40,41)36(26-14-13-23(34)17-25(26)33)18-22-15-20(2)29(21(3)16-22)43-28(37)19-35(7)31(39)44-32(4,5)6;1-5-36-27(33)21-8-6-7-9-24(21)38(34,35)31(23-11-10-20(29)14-22(23)28)16-19-12-17(2)26(18(3)13-19)37-25(32)15-30-4;/h11,13-17,27H,8-10,12,18-19H2,1-7H3;8,10-14,24,30H,5-7,9,15-16H2,1-4H3;1H. The molecule has 2 atom stereocenters. The minimum atomic E-state index is -4.29. The van der Waals surface area contributed by atoms with Gasteiger partial charge < -0.3 is 33.9 Å². The summed E-state index contributed by atoms with van der Waals surface area (Å²) in [6.07, 6.45) is 5.13. The van der Waals surface area contributed by atoms with Gasteiger partial charge in [0.1, 0.15) is 45.8 Å². The molecule has 460 valence electrons. The Bertz CT molecular complexity index is 3330. The van der Waals surface area contributed by atoms with Crippen LogP contribution < -0.4 is 23.4 Å². The highest BCUT2D eigenvalue weighted by Gasteiger charge is 2.42. The maximum atomic E-state index is 14.3. The number of likely N-dealkylation sites (N-methyl/N-ethyl adjacent to an activating group) is 2. The largest absolute Gasteiger partial charge is 0.463 e. The van der Waals surface area contributed by atoms with Gasteiger partial charge in [0.15, 0.2) is 0 Å². The molecule has 0 saturated carbocycles. The Balaban J connectivity index is 0.000000361. The number of sulfonamides is 2. The number of amides is 1. The molecule has 0 aliphatic heterocycles. The topological polar surface area (TPSA) is 222 Å². The minimum Gasteiger partial charge on any atom is -0.463 e. The first-order valence-electron chi connectivity index (χ1n) is 26.8. The van der Waals surface area contributed by atoms with E-state index in [1.165, 1.54) is 19.2 Å². The summed E-state index contributed by atoms with van der Waals surface area (Å²) in [6.45, 7) is 14.9. The molecule has 6 rings (SSSR count). The summed E-state index contributed by atoms with van der Waals surface area (Å²) in [5.41, 5.74) is 2.99. The number of carbonyl (C=O) groups is 5. The average molecular weight is 1270 g/mol. The van der Waals surface area contributed by atoms with Crippen molar-refractivity contribution in [2.24, 2.45) is 0 Å². The highest BCUT2D eigenvalue weighted by Crippen LogP contribution is 2.39. The number of nitrogens with zero attached hydrogens (tertiary/aromatic N) is 3. The quantitative estimate of drug-likeness (QED) is 0.0494. The third-order valence-corrected chi connectivity index (χ3v) is 17.9. The molecule has 0 saturated heterocycles. The van der Waals surface area contributed by atoms with E-state index in [1.54, 1.807) is 106 Å². The van der Waals surface area contributed by atoms with Crippen LogP contribution in [0.2, 0.25) is 10.0 Å². The number of hydrogen-bond donors (Lipinski definition) is 1. The third kappa shape index (κ3) is 18.4. The normalized spacial score (nSPS) is 15.1. The zero-order chi connectivity index (χ0) is 61.7. The molecule has 0 heterocycles. The fraction of sp³-hybridized carbons (Fsp3) is 0.441. The number of rotatable bonds is 20. The highest BCUT2D eigenvalue weighted by molar-refractivity contribution is 7.94. The van der Waals surface area contributed by atoms with Gasteiger partial charge in [-0.3, -0.25) is 13.4 Å². The van der Waals surface area contributed by atoms with Gasteiger partial charge in [0.2, 0.25) is 20.0 Å². The summed E-state index contributed by atoms with van der Waals surface area (Å²) in [6, 6.07) is 13.7. The van der Waals surface area contributed by atoms with E-state index in [9.17, 15) is 49.6 Å². The number of nitrogens with one attached hydrogen (secondary N) is 1. The summed E-state index contributed by atoms with van der Waals surface area (Å²) in [4.78, 5) is 63.5. The second-order valence-electron chi connectivity index (χ2n) is 20.8. The summed E-state index contributed by atoms with van der Waals surface area (Å²) < 4.78 is 114. The Kier molecular flexibility index (Phi) is 25.6. The fourth-order valence-corrected chi connectivity index (χ4v) is 14.2. The number of esters is 4. The molecule has 0 aromatic heterocycles. The lowest BCUT2D eigenvalue weighted by atomic mass is 9.99. The predicted molar refractivity (Wildman–Crippen MR) is 321 cm³/mol. The van der Waals surface area contributed by atoms with E-state index in [-0.39, 0.29) is 103 Å². The van der Waals surface area contributed by atoms with Crippen LogP contribution in [-0.4, -0.2) is 108 Å². The van der Waals surface area contributed by atoms with Gasteiger partial charge in [-0.05, 0) is 178 Å². The van der Waals surface area contributed by atoms with E-state index in [4.69, 9.17) is 46.9 Å². The van der Waals surface area contributed by atoms with Gasteiger partial charge in [-0.2, -0.15) is 0 Å². The smallest absolute Gasteiger partial charge is 0.410 e. The molecule has 0 spiro atoms. The van der Waals surface area contributed by atoms with Gasteiger partial charge in [-0.1, -0.05) is 59.6 Å². The molecule has 0 radical (unpaired) electrons. The Hall–Kier alpha value is -6.30.